The lowest BCUT2D eigenvalue weighted by molar-refractivity contribution is -0.140. The van der Waals surface area contributed by atoms with Crippen molar-refractivity contribution in [2.75, 3.05) is 23.9 Å². The van der Waals surface area contributed by atoms with E-state index in [0.717, 1.165) is 24.0 Å². The molecule has 0 aliphatic carbocycles. The van der Waals surface area contributed by atoms with Gasteiger partial charge in [0.1, 0.15) is 16.7 Å². The summed E-state index contributed by atoms with van der Waals surface area (Å²) in [4.78, 5) is 31.7. The van der Waals surface area contributed by atoms with Crippen molar-refractivity contribution in [2.45, 2.75) is 48.9 Å². The molecule has 4 aliphatic rings. The minimum Gasteiger partial charge on any atom is -0.497 e. The zero-order valence-corrected chi connectivity index (χ0v) is 22.2. The molecule has 8 heteroatoms. The summed E-state index contributed by atoms with van der Waals surface area (Å²) in [6.07, 6.45) is 0.799. The Bertz CT molecular complexity index is 1540. The minimum absolute atomic E-state index is 0.0217. The summed E-state index contributed by atoms with van der Waals surface area (Å²) in [7, 11) is 1.58. The normalized spacial score (nSPS) is 31.3. The van der Waals surface area contributed by atoms with Gasteiger partial charge in [-0.2, -0.15) is 5.26 Å². The predicted octanol–water partition coefficient (Wildman–Crippen LogP) is 3.78. The molecular formula is C32H30N4O4. The molecule has 8 nitrogen and oxygen atoms in total. The Hall–Kier alpha value is -4.19. The predicted molar refractivity (Wildman–Crippen MR) is 149 cm³/mol. The van der Waals surface area contributed by atoms with Crippen LogP contribution in [0.1, 0.15) is 36.3 Å². The van der Waals surface area contributed by atoms with Crippen molar-refractivity contribution in [2.24, 2.45) is 5.41 Å². The van der Waals surface area contributed by atoms with Crippen LogP contribution in [0.4, 0.5) is 11.4 Å². The summed E-state index contributed by atoms with van der Waals surface area (Å²) in [6, 6.07) is 25.8. The highest BCUT2D eigenvalue weighted by molar-refractivity contribution is 6.09. The zero-order valence-electron chi connectivity index (χ0n) is 22.2. The molecule has 3 saturated heterocycles. The molecule has 4 heterocycles. The summed E-state index contributed by atoms with van der Waals surface area (Å²) in [6.45, 7) is 0.663. The molecule has 4 aliphatic heterocycles. The van der Waals surface area contributed by atoms with Gasteiger partial charge in [0.2, 0.25) is 5.91 Å². The molecule has 3 fully saturated rings. The van der Waals surface area contributed by atoms with Gasteiger partial charge in [0, 0.05) is 23.0 Å². The third kappa shape index (κ3) is 3.02. The number of amides is 2. The van der Waals surface area contributed by atoms with Gasteiger partial charge in [-0.3, -0.25) is 14.5 Å². The molecule has 2 amide bonds. The Kier molecular flexibility index (Phi) is 5.53. The molecule has 3 aromatic rings. The Morgan fingerprint density at radius 1 is 1.05 bits per heavy atom. The van der Waals surface area contributed by atoms with E-state index in [4.69, 9.17) is 4.74 Å². The second kappa shape index (κ2) is 8.91. The molecular weight excluding hydrogens is 504 g/mol. The van der Waals surface area contributed by atoms with E-state index in [0.29, 0.717) is 30.1 Å². The van der Waals surface area contributed by atoms with Crippen LogP contribution in [0.5, 0.6) is 5.75 Å². The van der Waals surface area contributed by atoms with Crippen molar-refractivity contribution in [3.05, 3.63) is 90.0 Å². The van der Waals surface area contributed by atoms with Crippen molar-refractivity contribution >= 4 is 23.2 Å². The van der Waals surface area contributed by atoms with Crippen molar-refractivity contribution in [1.29, 1.82) is 5.26 Å². The number of aliphatic hydroxyl groups is 1. The van der Waals surface area contributed by atoms with E-state index >= 15 is 0 Å². The van der Waals surface area contributed by atoms with Crippen LogP contribution in [0.25, 0.3) is 0 Å². The summed E-state index contributed by atoms with van der Waals surface area (Å²) >= 11 is 0. The van der Waals surface area contributed by atoms with Crippen molar-refractivity contribution < 1.29 is 19.4 Å². The summed E-state index contributed by atoms with van der Waals surface area (Å²) in [5, 5.41) is 26.7. The van der Waals surface area contributed by atoms with Gasteiger partial charge in [0.05, 0.1) is 31.2 Å². The molecule has 0 radical (unpaired) electrons. The molecule has 0 saturated carbocycles. The van der Waals surface area contributed by atoms with Gasteiger partial charge in [0.15, 0.2) is 0 Å². The highest BCUT2D eigenvalue weighted by atomic mass is 16.5. The van der Waals surface area contributed by atoms with E-state index in [2.05, 4.69) is 16.3 Å². The molecule has 7 rings (SSSR count). The average molecular weight is 535 g/mol. The third-order valence-electron chi connectivity index (χ3n) is 9.59. The van der Waals surface area contributed by atoms with Crippen LogP contribution in [0, 0.1) is 16.7 Å². The van der Waals surface area contributed by atoms with Gasteiger partial charge in [0.25, 0.3) is 5.91 Å². The van der Waals surface area contributed by atoms with Gasteiger partial charge in [-0.05, 0) is 61.7 Å². The van der Waals surface area contributed by atoms with Crippen LogP contribution >= 0.6 is 0 Å². The summed E-state index contributed by atoms with van der Waals surface area (Å²) in [5.74, 6) is -0.443. The van der Waals surface area contributed by atoms with Crippen molar-refractivity contribution in [3.8, 4) is 11.8 Å². The first kappa shape index (κ1) is 24.8. The standard InChI is InChI=1S/C32H30N4O4/c1-40-23-15-13-21(14-16-23)36-27(26(29(36)38)20-8-3-2-4-9-20)28(37)31(19-33)18-22-10-7-17-35(22)32(31)24-11-5-6-12-25(24)34-30(32)39/h2-6,8-9,11-16,22,26-28,37H,7,10,17-18H2,1H3,(H,34,39)/t22?,26-,27+,28-,31-,32+/m1/s1. The molecule has 0 aromatic heterocycles. The quantitative estimate of drug-likeness (QED) is 0.483. The molecule has 2 N–H and O–H groups in total. The van der Waals surface area contributed by atoms with E-state index in [1.165, 1.54) is 0 Å². The number of nitriles is 1. The summed E-state index contributed by atoms with van der Waals surface area (Å²) < 4.78 is 5.31. The Morgan fingerprint density at radius 3 is 2.50 bits per heavy atom. The third-order valence-corrected chi connectivity index (χ3v) is 9.59. The number of rotatable bonds is 5. The van der Waals surface area contributed by atoms with Gasteiger partial charge < -0.3 is 20.1 Å². The van der Waals surface area contributed by atoms with Crippen LogP contribution in [0.3, 0.4) is 0 Å². The Labute approximate surface area is 232 Å². The highest BCUT2D eigenvalue weighted by Gasteiger charge is 2.76. The van der Waals surface area contributed by atoms with Crippen molar-refractivity contribution in [3.63, 3.8) is 0 Å². The van der Waals surface area contributed by atoms with Gasteiger partial charge in [-0.1, -0.05) is 48.5 Å². The second-order valence-electron chi connectivity index (χ2n) is 11.2. The Balaban J connectivity index is 1.40. The fourth-order valence-corrected chi connectivity index (χ4v) is 7.93. The average Bonchev–Trinajstić information content (AvgIpc) is 3.64. The lowest BCUT2D eigenvalue weighted by Gasteiger charge is -2.54. The number of anilines is 2. The van der Waals surface area contributed by atoms with Crippen LogP contribution in [0.2, 0.25) is 0 Å². The fraction of sp³-hybridized carbons (Fsp3) is 0.344. The van der Waals surface area contributed by atoms with Crippen LogP contribution in [-0.2, 0) is 15.1 Å². The number of carbonyl (C=O) groups excluding carboxylic acids is 2. The van der Waals surface area contributed by atoms with Gasteiger partial charge in [-0.15, -0.1) is 0 Å². The number of ether oxygens (including phenoxy) is 1. The number of hydrogen-bond acceptors (Lipinski definition) is 6. The van der Waals surface area contributed by atoms with Crippen LogP contribution in [0.15, 0.2) is 78.9 Å². The van der Waals surface area contributed by atoms with E-state index < -0.39 is 29.0 Å². The maximum Gasteiger partial charge on any atom is 0.251 e. The molecule has 1 spiro atoms. The van der Waals surface area contributed by atoms with E-state index in [9.17, 15) is 20.0 Å². The lowest BCUT2D eigenvalue weighted by atomic mass is 9.59. The largest absolute Gasteiger partial charge is 0.497 e. The first-order chi connectivity index (χ1) is 19.5. The topological polar surface area (TPSA) is 106 Å². The number of nitrogens with zero attached hydrogens (tertiary/aromatic N) is 3. The smallest absolute Gasteiger partial charge is 0.251 e. The monoisotopic (exact) mass is 534 g/mol. The van der Waals surface area contributed by atoms with E-state index in [1.54, 1.807) is 36.3 Å². The van der Waals surface area contributed by atoms with Gasteiger partial charge in [-0.25, -0.2) is 0 Å². The molecule has 6 atom stereocenters. The number of hydrogen-bond donors (Lipinski definition) is 2. The van der Waals surface area contributed by atoms with E-state index in [1.807, 2.05) is 54.6 Å². The molecule has 0 bridgehead atoms. The Morgan fingerprint density at radius 2 is 1.77 bits per heavy atom. The number of β-lactam (4-membered cyclic amide) rings is 1. The number of benzene rings is 3. The second-order valence-corrected chi connectivity index (χ2v) is 11.2. The molecule has 1 unspecified atom stereocenters. The highest BCUT2D eigenvalue weighted by Crippen LogP contribution is 2.64. The summed E-state index contributed by atoms with van der Waals surface area (Å²) in [5.41, 5.74) is -0.0642. The molecule has 3 aromatic carbocycles. The first-order valence-corrected chi connectivity index (χ1v) is 13.8. The number of aliphatic hydroxyl groups excluding tert-OH is 1. The number of carbonyl (C=O) groups is 2. The van der Waals surface area contributed by atoms with E-state index in [-0.39, 0.29) is 17.9 Å². The van der Waals surface area contributed by atoms with Crippen LogP contribution < -0.4 is 15.0 Å². The fourth-order valence-electron chi connectivity index (χ4n) is 7.93. The molecule has 40 heavy (non-hydrogen) atoms. The maximum absolute atomic E-state index is 14.1. The maximum atomic E-state index is 14.1. The lowest BCUT2D eigenvalue weighted by Crippen LogP contribution is -2.71. The first-order valence-electron chi connectivity index (χ1n) is 13.8. The number of nitrogens with one attached hydrogen (secondary N) is 1. The van der Waals surface area contributed by atoms with Crippen LogP contribution in [-0.4, -0.2) is 53.7 Å². The molecule has 202 valence electrons. The zero-order chi connectivity index (χ0) is 27.6. The number of methoxy groups -OCH3 is 1. The minimum atomic E-state index is -1.49. The number of para-hydroxylation sites is 1. The number of fused-ring (bicyclic) bond motifs is 4. The van der Waals surface area contributed by atoms with Gasteiger partial charge >= 0.3 is 0 Å². The SMILES string of the molecule is COc1ccc(N2C(=O)[C@H](c3ccccc3)[C@H]2[C@@H](O)[C@]2(C#N)CC3CCCN3[C@@]23C(=O)Nc2ccccc23)cc1. The van der Waals surface area contributed by atoms with Crippen molar-refractivity contribution in [1.82, 2.24) is 4.90 Å².